The minimum absolute atomic E-state index is 0.233. The Labute approximate surface area is 86.9 Å². The first-order chi connectivity index (χ1) is 6.21. The highest BCUT2D eigenvalue weighted by atomic mass is 79.9. The zero-order chi connectivity index (χ0) is 9.31. The van der Waals surface area contributed by atoms with Crippen LogP contribution in [-0.2, 0) is 5.41 Å². The zero-order valence-corrected chi connectivity index (χ0v) is 9.43. The molecule has 1 aromatic rings. The van der Waals surface area contributed by atoms with E-state index in [1.165, 1.54) is 32.1 Å². The molecule has 13 heavy (non-hydrogen) atoms. The molecule has 0 unspecified atom stereocenters. The molecule has 3 heteroatoms. The minimum Gasteiger partial charge on any atom is -0.436 e. The molecule has 2 nitrogen and oxygen atoms in total. The predicted molar refractivity (Wildman–Crippen MR) is 54.6 cm³/mol. The van der Waals surface area contributed by atoms with Crippen LogP contribution in [0.25, 0.3) is 0 Å². The first kappa shape index (κ1) is 9.25. The molecule has 0 aliphatic heterocycles. The Kier molecular flexibility index (Phi) is 2.45. The summed E-state index contributed by atoms with van der Waals surface area (Å²) in [6.45, 7) is 2.28. The molecule has 1 heterocycles. The van der Waals surface area contributed by atoms with Gasteiger partial charge in [-0.1, -0.05) is 26.2 Å². The van der Waals surface area contributed by atoms with Gasteiger partial charge in [-0.3, -0.25) is 0 Å². The molecule has 0 atom stereocenters. The van der Waals surface area contributed by atoms with E-state index in [-0.39, 0.29) is 5.41 Å². The Morgan fingerprint density at radius 1 is 1.38 bits per heavy atom. The van der Waals surface area contributed by atoms with Crippen molar-refractivity contribution in [2.75, 3.05) is 0 Å². The number of oxazole rings is 1. The summed E-state index contributed by atoms with van der Waals surface area (Å²) in [5, 5.41) is 0. The first-order valence-corrected chi connectivity index (χ1v) is 5.62. The summed E-state index contributed by atoms with van der Waals surface area (Å²) in [6, 6.07) is 0. The third-order valence-electron chi connectivity index (χ3n) is 3.03. The number of hydrogen-bond donors (Lipinski definition) is 0. The lowest BCUT2D eigenvalue weighted by Crippen LogP contribution is -2.24. The average molecular weight is 244 g/mol. The first-order valence-electron chi connectivity index (χ1n) is 4.82. The quantitative estimate of drug-likeness (QED) is 0.753. The van der Waals surface area contributed by atoms with E-state index in [1.54, 1.807) is 0 Å². The van der Waals surface area contributed by atoms with Crippen LogP contribution in [0, 0.1) is 0 Å². The van der Waals surface area contributed by atoms with Crippen LogP contribution in [0.4, 0.5) is 0 Å². The van der Waals surface area contributed by atoms with Gasteiger partial charge in [0, 0.05) is 21.3 Å². The minimum atomic E-state index is 0.233. The van der Waals surface area contributed by atoms with Crippen LogP contribution >= 0.6 is 15.9 Å². The molecule has 0 radical (unpaired) electrons. The summed E-state index contributed by atoms with van der Waals surface area (Å²) in [6.07, 6.45) is 8.31. The van der Waals surface area contributed by atoms with Crippen LogP contribution < -0.4 is 0 Å². The van der Waals surface area contributed by atoms with Crippen LogP contribution in [0.5, 0.6) is 0 Å². The van der Waals surface area contributed by atoms with Crippen LogP contribution in [0.15, 0.2) is 15.4 Å². The highest BCUT2D eigenvalue weighted by Crippen LogP contribution is 2.39. The number of halogens is 1. The SMILES string of the molecule is CC1(c2cnc(Br)o2)CCCCC1. The average Bonchev–Trinajstić information content (AvgIpc) is 2.54. The fourth-order valence-corrected chi connectivity index (χ4v) is 2.39. The maximum atomic E-state index is 5.53. The van der Waals surface area contributed by atoms with Gasteiger partial charge >= 0.3 is 0 Å². The normalized spacial score (nSPS) is 21.7. The second kappa shape index (κ2) is 3.45. The standard InChI is InChI=1S/C10H14BrNO/c1-10(5-3-2-4-6-10)8-7-12-9(11)13-8/h7H,2-6H2,1H3. The van der Waals surface area contributed by atoms with Gasteiger partial charge < -0.3 is 4.42 Å². The molecule has 72 valence electrons. The maximum Gasteiger partial charge on any atom is 0.264 e. The second-order valence-corrected chi connectivity index (χ2v) is 4.78. The molecule has 1 aromatic heterocycles. The number of nitrogens with zero attached hydrogens (tertiary/aromatic N) is 1. The lowest BCUT2D eigenvalue weighted by Gasteiger charge is -2.30. The van der Waals surface area contributed by atoms with E-state index in [9.17, 15) is 0 Å². The van der Waals surface area contributed by atoms with Crippen molar-refractivity contribution in [3.05, 3.63) is 16.8 Å². The van der Waals surface area contributed by atoms with E-state index in [0.717, 1.165) is 5.76 Å². The highest BCUT2D eigenvalue weighted by molar-refractivity contribution is 9.10. The van der Waals surface area contributed by atoms with Gasteiger partial charge in [0.1, 0.15) is 5.76 Å². The fourth-order valence-electron chi connectivity index (χ4n) is 2.11. The summed E-state index contributed by atoms with van der Waals surface area (Å²) < 4.78 is 5.53. The number of aromatic nitrogens is 1. The van der Waals surface area contributed by atoms with Crippen molar-refractivity contribution in [3.63, 3.8) is 0 Å². The molecular formula is C10H14BrNO. The van der Waals surface area contributed by atoms with Crippen LogP contribution in [0.3, 0.4) is 0 Å². The zero-order valence-electron chi connectivity index (χ0n) is 7.85. The van der Waals surface area contributed by atoms with Crippen molar-refractivity contribution < 1.29 is 4.42 Å². The molecule has 0 bridgehead atoms. The van der Waals surface area contributed by atoms with Gasteiger partial charge in [-0.15, -0.1) is 0 Å². The lowest BCUT2D eigenvalue weighted by atomic mass is 9.74. The molecule has 0 spiro atoms. The molecule has 0 N–H and O–H groups in total. The molecule has 0 amide bonds. The Balaban J connectivity index is 2.22. The smallest absolute Gasteiger partial charge is 0.264 e. The molecular weight excluding hydrogens is 230 g/mol. The monoisotopic (exact) mass is 243 g/mol. The molecule has 1 aliphatic carbocycles. The molecule has 0 aromatic carbocycles. The van der Waals surface area contributed by atoms with Gasteiger partial charge in [0.05, 0.1) is 6.20 Å². The Hall–Kier alpha value is -0.310. The lowest BCUT2D eigenvalue weighted by molar-refractivity contribution is 0.263. The van der Waals surface area contributed by atoms with E-state index < -0.39 is 0 Å². The van der Waals surface area contributed by atoms with E-state index in [4.69, 9.17) is 4.42 Å². The van der Waals surface area contributed by atoms with Crippen LogP contribution in [-0.4, -0.2) is 4.98 Å². The van der Waals surface area contributed by atoms with E-state index >= 15 is 0 Å². The van der Waals surface area contributed by atoms with Crippen LogP contribution in [0.1, 0.15) is 44.8 Å². The van der Waals surface area contributed by atoms with Gasteiger partial charge in [-0.05, 0) is 12.8 Å². The summed E-state index contributed by atoms with van der Waals surface area (Å²) in [7, 11) is 0. The molecule has 0 saturated heterocycles. The third-order valence-corrected chi connectivity index (χ3v) is 3.40. The van der Waals surface area contributed by atoms with Crippen molar-refractivity contribution >= 4 is 15.9 Å². The van der Waals surface area contributed by atoms with E-state index in [1.807, 2.05) is 6.20 Å². The van der Waals surface area contributed by atoms with E-state index in [0.29, 0.717) is 4.80 Å². The van der Waals surface area contributed by atoms with Crippen molar-refractivity contribution in [2.24, 2.45) is 0 Å². The van der Waals surface area contributed by atoms with Crippen molar-refractivity contribution in [2.45, 2.75) is 44.4 Å². The van der Waals surface area contributed by atoms with Crippen molar-refractivity contribution in [3.8, 4) is 0 Å². The molecule has 1 fully saturated rings. The Bertz CT molecular complexity index is 289. The molecule has 2 rings (SSSR count). The van der Waals surface area contributed by atoms with Gasteiger partial charge in [-0.2, -0.15) is 0 Å². The van der Waals surface area contributed by atoms with Crippen LogP contribution in [0.2, 0.25) is 0 Å². The number of hydrogen-bond acceptors (Lipinski definition) is 2. The third kappa shape index (κ3) is 1.80. The largest absolute Gasteiger partial charge is 0.436 e. The van der Waals surface area contributed by atoms with Gasteiger partial charge in [0.15, 0.2) is 0 Å². The highest BCUT2D eigenvalue weighted by Gasteiger charge is 2.32. The van der Waals surface area contributed by atoms with Crippen molar-refractivity contribution in [1.82, 2.24) is 4.98 Å². The predicted octanol–water partition coefficient (Wildman–Crippen LogP) is 3.66. The summed E-state index contributed by atoms with van der Waals surface area (Å²) in [4.78, 5) is 4.69. The number of rotatable bonds is 1. The van der Waals surface area contributed by atoms with Gasteiger partial charge in [0.25, 0.3) is 4.80 Å². The van der Waals surface area contributed by atoms with Gasteiger partial charge in [-0.25, -0.2) is 4.98 Å². The topological polar surface area (TPSA) is 26.0 Å². The summed E-state index contributed by atoms with van der Waals surface area (Å²) in [5.41, 5.74) is 0.233. The second-order valence-electron chi connectivity index (χ2n) is 4.10. The van der Waals surface area contributed by atoms with E-state index in [2.05, 4.69) is 27.8 Å². The fraction of sp³-hybridized carbons (Fsp3) is 0.700. The maximum absolute atomic E-state index is 5.53. The molecule has 1 aliphatic rings. The summed E-state index contributed by atoms with van der Waals surface area (Å²) >= 11 is 3.25. The Morgan fingerprint density at radius 2 is 2.08 bits per heavy atom. The van der Waals surface area contributed by atoms with Crippen molar-refractivity contribution in [1.29, 1.82) is 0 Å². The van der Waals surface area contributed by atoms with Gasteiger partial charge in [0.2, 0.25) is 0 Å². The molecule has 1 saturated carbocycles. The summed E-state index contributed by atoms with van der Waals surface area (Å²) in [5.74, 6) is 1.04. The Morgan fingerprint density at radius 3 is 2.62 bits per heavy atom.